The summed E-state index contributed by atoms with van der Waals surface area (Å²) in [4.78, 5) is 26.9. The molecule has 1 rings (SSSR count). The highest BCUT2D eigenvalue weighted by atomic mass is 16.6. The molecular weight excluding hydrogens is 246 g/mol. The van der Waals surface area contributed by atoms with E-state index in [2.05, 4.69) is 24.1 Å². The zero-order valence-electron chi connectivity index (χ0n) is 12.1. The predicted octanol–water partition coefficient (Wildman–Crippen LogP) is 0.533. The lowest BCUT2D eigenvalue weighted by Gasteiger charge is -2.33. The van der Waals surface area contributed by atoms with Crippen LogP contribution in [0.15, 0.2) is 0 Å². The maximum Gasteiger partial charge on any atom is 0.409 e. The van der Waals surface area contributed by atoms with Gasteiger partial charge < -0.3 is 15.0 Å². The minimum absolute atomic E-state index is 0.0540. The third-order valence-corrected chi connectivity index (χ3v) is 2.97. The third-order valence-electron chi connectivity index (χ3n) is 2.97. The third kappa shape index (κ3) is 5.92. The quantitative estimate of drug-likeness (QED) is 0.792. The standard InChI is InChI=1S/C13H25N3O3/c1-4-19-13(18)16-7-5-15(6-8-16)10-12(17)14-9-11(2)3/h11H,4-10H2,1-3H3,(H,14,17). The maximum absolute atomic E-state index is 11.7. The highest BCUT2D eigenvalue weighted by Gasteiger charge is 2.22. The van der Waals surface area contributed by atoms with E-state index < -0.39 is 0 Å². The van der Waals surface area contributed by atoms with Gasteiger partial charge >= 0.3 is 6.09 Å². The van der Waals surface area contributed by atoms with Crippen molar-refractivity contribution in [2.45, 2.75) is 20.8 Å². The van der Waals surface area contributed by atoms with Crippen LogP contribution in [-0.2, 0) is 9.53 Å². The Bertz CT molecular complexity index is 300. The number of hydrogen-bond acceptors (Lipinski definition) is 4. The number of hydrogen-bond donors (Lipinski definition) is 1. The van der Waals surface area contributed by atoms with Gasteiger partial charge in [0.05, 0.1) is 13.2 Å². The lowest BCUT2D eigenvalue weighted by Crippen LogP contribution is -2.51. The minimum atomic E-state index is -0.258. The Balaban J connectivity index is 2.22. The van der Waals surface area contributed by atoms with Crippen molar-refractivity contribution < 1.29 is 14.3 Å². The lowest BCUT2D eigenvalue weighted by atomic mass is 10.2. The Morgan fingerprint density at radius 1 is 1.21 bits per heavy atom. The monoisotopic (exact) mass is 271 g/mol. The van der Waals surface area contributed by atoms with E-state index in [4.69, 9.17) is 4.74 Å². The van der Waals surface area contributed by atoms with Crippen molar-refractivity contribution in [1.82, 2.24) is 15.1 Å². The van der Waals surface area contributed by atoms with Crippen LogP contribution >= 0.6 is 0 Å². The molecule has 0 bridgehead atoms. The summed E-state index contributed by atoms with van der Waals surface area (Å²) in [6.45, 7) is 10.1. The number of carbonyl (C=O) groups is 2. The lowest BCUT2D eigenvalue weighted by molar-refractivity contribution is -0.122. The second-order valence-corrected chi connectivity index (χ2v) is 5.16. The summed E-state index contributed by atoms with van der Waals surface area (Å²) < 4.78 is 4.95. The van der Waals surface area contributed by atoms with Crippen LogP contribution in [0.4, 0.5) is 4.79 Å². The molecule has 6 heteroatoms. The van der Waals surface area contributed by atoms with E-state index in [1.807, 2.05) is 0 Å². The Hall–Kier alpha value is -1.30. The van der Waals surface area contributed by atoms with Gasteiger partial charge in [0, 0.05) is 32.7 Å². The molecule has 0 aliphatic carbocycles. The fourth-order valence-electron chi connectivity index (χ4n) is 1.88. The summed E-state index contributed by atoms with van der Waals surface area (Å²) in [5.41, 5.74) is 0. The van der Waals surface area contributed by atoms with E-state index in [0.29, 0.717) is 51.8 Å². The Kier molecular flexibility index (Phi) is 6.62. The SMILES string of the molecule is CCOC(=O)N1CCN(CC(=O)NCC(C)C)CC1. The smallest absolute Gasteiger partial charge is 0.409 e. The summed E-state index contributed by atoms with van der Waals surface area (Å²) in [6.07, 6.45) is -0.258. The van der Waals surface area contributed by atoms with Crippen LogP contribution in [0.5, 0.6) is 0 Å². The topological polar surface area (TPSA) is 61.9 Å². The molecule has 1 aliphatic heterocycles. The van der Waals surface area contributed by atoms with E-state index >= 15 is 0 Å². The molecule has 6 nitrogen and oxygen atoms in total. The maximum atomic E-state index is 11.7. The van der Waals surface area contributed by atoms with Crippen molar-refractivity contribution in [3.05, 3.63) is 0 Å². The van der Waals surface area contributed by atoms with Crippen LogP contribution in [0.3, 0.4) is 0 Å². The van der Waals surface area contributed by atoms with E-state index in [9.17, 15) is 9.59 Å². The number of rotatable bonds is 5. The van der Waals surface area contributed by atoms with Gasteiger partial charge in [0.1, 0.15) is 0 Å². The normalized spacial score (nSPS) is 16.5. The van der Waals surface area contributed by atoms with Gasteiger partial charge in [0.2, 0.25) is 5.91 Å². The first kappa shape index (κ1) is 15.8. The molecular formula is C13H25N3O3. The zero-order chi connectivity index (χ0) is 14.3. The number of nitrogens with zero attached hydrogens (tertiary/aromatic N) is 2. The molecule has 1 N–H and O–H groups in total. The number of amides is 2. The predicted molar refractivity (Wildman–Crippen MR) is 72.9 cm³/mol. The molecule has 0 saturated carbocycles. The van der Waals surface area contributed by atoms with E-state index in [1.165, 1.54) is 0 Å². The number of carbonyl (C=O) groups excluding carboxylic acids is 2. The summed E-state index contributed by atoms with van der Waals surface area (Å²) in [5.74, 6) is 0.517. The molecule has 0 aromatic carbocycles. The van der Waals surface area contributed by atoms with E-state index in [-0.39, 0.29) is 12.0 Å². The first-order valence-corrected chi connectivity index (χ1v) is 6.93. The van der Waals surface area contributed by atoms with Gasteiger partial charge in [-0.3, -0.25) is 9.69 Å². The molecule has 1 heterocycles. The minimum Gasteiger partial charge on any atom is -0.450 e. The number of ether oxygens (including phenoxy) is 1. The molecule has 0 spiro atoms. The highest BCUT2D eigenvalue weighted by molar-refractivity contribution is 5.78. The number of piperazine rings is 1. The van der Waals surface area contributed by atoms with Crippen LogP contribution in [0, 0.1) is 5.92 Å². The second kappa shape index (κ2) is 7.99. The van der Waals surface area contributed by atoms with Crippen LogP contribution in [-0.4, -0.2) is 67.7 Å². The van der Waals surface area contributed by atoms with Gasteiger partial charge in [0.15, 0.2) is 0 Å². The highest BCUT2D eigenvalue weighted by Crippen LogP contribution is 2.03. The fourth-order valence-corrected chi connectivity index (χ4v) is 1.88. The molecule has 2 amide bonds. The fraction of sp³-hybridized carbons (Fsp3) is 0.846. The summed E-state index contributed by atoms with van der Waals surface area (Å²) in [7, 11) is 0. The first-order valence-electron chi connectivity index (χ1n) is 6.93. The molecule has 0 atom stereocenters. The molecule has 1 saturated heterocycles. The summed E-state index contributed by atoms with van der Waals surface area (Å²) >= 11 is 0. The number of nitrogens with one attached hydrogen (secondary N) is 1. The average molecular weight is 271 g/mol. The molecule has 19 heavy (non-hydrogen) atoms. The van der Waals surface area contributed by atoms with Gasteiger partial charge in [-0.15, -0.1) is 0 Å². The molecule has 0 unspecified atom stereocenters. The molecule has 0 radical (unpaired) electrons. The first-order chi connectivity index (χ1) is 9.02. The van der Waals surface area contributed by atoms with E-state index in [0.717, 1.165) is 0 Å². The van der Waals surface area contributed by atoms with Crippen LogP contribution < -0.4 is 5.32 Å². The van der Waals surface area contributed by atoms with E-state index in [1.54, 1.807) is 11.8 Å². The largest absolute Gasteiger partial charge is 0.450 e. The van der Waals surface area contributed by atoms with Gasteiger partial charge in [-0.1, -0.05) is 13.8 Å². The molecule has 0 aromatic rings. The van der Waals surface area contributed by atoms with Gasteiger partial charge in [-0.25, -0.2) is 4.79 Å². The van der Waals surface area contributed by atoms with Crippen molar-refractivity contribution in [1.29, 1.82) is 0 Å². The summed E-state index contributed by atoms with van der Waals surface area (Å²) in [5, 5.41) is 2.90. The van der Waals surface area contributed by atoms with Crippen molar-refractivity contribution in [2.24, 2.45) is 5.92 Å². The average Bonchev–Trinajstić information content (AvgIpc) is 2.37. The second-order valence-electron chi connectivity index (χ2n) is 5.16. The van der Waals surface area contributed by atoms with Crippen LogP contribution in [0.2, 0.25) is 0 Å². The van der Waals surface area contributed by atoms with Crippen molar-refractivity contribution >= 4 is 12.0 Å². The van der Waals surface area contributed by atoms with Crippen molar-refractivity contribution in [2.75, 3.05) is 45.9 Å². The van der Waals surface area contributed by atoms with Gasteiger partial charge in [-0.05, 0) is 12.8 Å². The molecule has 0 aromatic heterocycles. The van der Waals surface area contributed by atoms with Crippen molar-refractivity contribution in [3.8, 4) is 0 Å². The molecule has 1 fully saturated rings. The van der Waals surface area contributed by atoms with Crippen LogP contribution in [0.25, 0.3) is 0 Å². The Labute approximate surface area is 115 Å². The summed E-state index contributed by atoms with van der Waals surface area (Å²) in [6, 6.07) is 0. The van der Waals surface area contributed by atoms with Gasteiger partial charge in [0.25, 0.3) is 0 Å². The molecule has 110 valence electrons. The van der Waals surface area contributed by atoms with Crippen LogP contribution in [0.1, 0.15) is 20.8 Å². The van der Waals surface area contributed by atoms with Crippen molar-refractivity contribution in [3.63, 3.8) is 0 Å². The molecule has 1 aliphatic rings. The Morgan fingerprint density at radius 3 is 2.37 bits per heavy atom. The Morgan fingerprint density at radius 2 is 1.84 bits per heavy atom. The zero-order valence-corrected chi connectivity index (χ0v) is 12.1. The van der Waals surface area contributed by atoms with Gasteiger partial charge in [-0.2, -0.15) is 0 Å².